The number of para-hydroxylation sites is 1. The molecule has 2 aromatic carbocycles. The smallest absolute Gasteiger partial charge is 0.343 e. The van der Waals surface area contributed by atoms with Crippen LogP contribution < -0.4 is 26.1 Å². The molecule has 12 heteroatoms. The summed E-state index contributed by atoms with van der Waals surface area (Å²) in [6.07, 6.45) is 2.26. The van der Waals surface area contributed by atoms with E-state index in [1.54, 1.807) is 23.6 Å². The van der Waals surface area contributed by atoms with E-state index in [1.165, 1.54) is 0 Å². The minimum atomic E-state index is -1.94. The van der Waals surface area contributed by atoms with E-state index in [9.17, 15) is 19.5 Å². The van der Waals surface area contributed by atoms with Crippen LogP contribution in [0.3, 0.4) is 0 Å². The first-order valence-corrected chi connectivity index (χ1v) is 14.8. The van der Waals surface area contributed by atoms with E-state index < -0.39 is 17.6 Å². The number of cyclic esters (lactones) is 1. The van der Waals surface area contributed by atoms with Gasteiger partial charge in [-0.3, -0.25) is 9.59 Å². The van der Waals surface area contributed by atoms with Crippen LogP contribution in [0.2, 0.25) is 0 Å². The number of ether oxygens (including phenoxy) is 3. The number of carbonyl (C=O) groups excluding carboxylic acids is 2. The third-order valence-electron chi connectivity index (χ3n) is 9.19. The minimum Gasteiger partial charge on any atom is -0.458 e. The normalized spacial score (nSPS) is 18.4. The Hall–Kier alpha value is -5.20. The van der Waals surface area contributed by atoms with Gasteiger partial charge in [0.1, 0.15) is 6.61 Å². The second-order valence-corrected chi connectivity index (χ2v) is 11.6. The molecule has 2 atom stereocenters. The molecule has 8 rings (SSSR count). The average molecular weight is 608 g/mol. The molecule has 0 saturated heterocycles. The van der Waals surface area contributed by atoms with Gasteiger partial charge in [-0.2, -0.15) is 0 Å². The van der Waals surface area contributed by atoms with Crippen molar-refractivity contribution in [3.05, 3.63) is 86.8 Å². The Kier molecular flexibility index (Phi) is 6.02. The molecule has 0 bridgehead atoms. The van der Waals surface area contributed by atoms with Crippen LogP contribution in [0.1, 0.15) is 41.2 Å². The highest BCUT2D eigenvalue weighted by Crippen LogP contribution is 2.43. The van der Waals surface area contributed by atoms with Crippen LogP contribution in [-0.4, -0.2) is 44.4 Å². The predicted molar refractivity (Wildman–Crippen MR) is 162 cm³/mol. The van der Waals surface area contributed by atoms with E-state index in [2.05, 4.69) is 10.3 Å². The molecule has 6 heterocycles. The van der Waals surface area contributed by atoms with Gasteiger partial charge in [-0.25, -0.2) is 9.78 Å². The van der Waals surface area contributed by atoms with Crippen molar-refractivity contribution in [3.8, 4) is 22.9 Å². The zero-order valence-electron chi connectivity index (χ0n) is 24.3. The molecule has 3 aromatic heterocycles. The summed E-state index contributed by atoms with van der Waals surface area (Å²) in [5.41, 5.74) is 9.53. The number of esters is 1. The molecule has 3 aliphatic heterocycles. The number of aliphatic hydroxyl groups is 1. The molecule has 0 aliphatic carbocycles. The highest BCUT2D eigenvalue weighted by Gasteiger charge is 2.45. The molecule has 45 heavy (non-hydrogen) atoms. The number of rotatable bonds is 6. The monoisotopic (exact) mass is 607 g/mol. The Morgan fingerprint density at radius 3 is 2.76 bits per heavy atom. The van der Waals surface area contributed by atoms with Crippen molar-refractivity contribution in [1.82, 2.24) is 19.9 Å². The highest BCUT2D eigenvalue weighted by molar-refractivity contribution is 5.92. The number of benzene rings is 2. The van der Waals surface area contributed by atoms with E-state index in [4.69, 9.17) is 24.9 Å². The maximum Gasteiger partial charge on any atom is 0.343 e. The highest BCUT2D eigenvalue weighted by atomic mass is 16.7. The fourth-order valence-corrected chi connectivity index (χ4v) is 6.69. The van der Waals surface area contributed by atoms with Gasteiger partial charge in [-0.05, 0) is 42.2 Å². The van der Waals surface area contributed by atoms with Crippen LogP contribution in [0.15, 0.2) is 53.5 Å². The Bertz CT molecular complexity index is 2150. The summed E-state index contributed by atoms with van der Waals surface area (Å²) in [5, 5.41) is 16.0. The number of nitrogens with zero attached hydrogens (tertiary/aromatic N) is 2. The third-order valence-corrected chi connectivity index (χ3v) is 9.19. The third kappa shape index (κ3) is 4.06. The van der Waals surface area contributed by atoms with Gasteiger partial charge in [-0.1, -0.05) is 25.1 Å². The summed E-state index contributed by atoms with van der Waals surface area (Å²) in [7, 11) is 0. The number of H-pyrrole nitrogens is 1. The number of fused-ring (bicyclic) bond motifs is 7. The predicted octanol–water partition coefficient (Wildman–Crippen LogP) is 2.48. The first kappa shape index (κ1) is 27.4. The zero-order chi connectivity index (χ0) is 31.0. The summed E-state index contributed by atoms with van der Waals surface area (Å²) in [6.45, 7) is 1.81. The largest absolute Gasteiger partial charge is 0.458 e. The lowest BCUT2D eigenvalue weighted by molar-refractivity contribution is -0.172. The molecule has 5 aromatic rings. The number of nitrogens with one attached hydrogen (secondary N) is 2. The first-order chi connectivity index (χ1) is 21.8. The molecule has 228 valence electrons. The van der Waals surface area contributed by atoms with Gasteiger partial charge in [-0.15, -0.1) is 0 Å². The summed E-state index contributed by atoms with van der Waals surface area (Å²) in [5.74, 6) is -0.0209. The van der Waals surface area contributed by atoms with Crippen LogP contribution >= 0.6 is 0 Å². The van der Waals surface area contributed by atoms with Crippen molar-refractivity contribution < 1.29 is 28.9 Å². The van der Waals surface area contributed by atoms with E-state index in [-0.39, 0.29) is 55.5 Å². The van der Waals surface area contributed by atoms with Crippen molar-refractivity contribution in [2.24, 2.45) is 5.73 Å². The topological polar surface area (TPSA) is 171 Å². The lowest BCUT2D eigenvalue weighted by atomic mass is 9.86. The second kappa shape index (κ2) is 9.91. The molecule has 0 fully saturated rings. The quantitative estimate of drug-likeness (QED) is 0.208. The van der Waals surface area contributed by atoms with Crippen LogP contribution in [0.4, 0.5) is 0 Å². The SMILES string of the molecule is CC[C@@]1(O)C(=O)OCc2c1cc1n(c2=O)Cc2c-1nc1cc3c(cc1c2CNC(=O)[C@@H](N)Cc1c[nH]c2ccccc12)OCO3. The molecular formula is C33H29N5O7. The van der Waals surface area contributed by atoms with Gasteiger partial charge in [0.25, 0.3) is 5.56 Å². The zero-order valence-corrected chi connectivity index (χ0v) is 24.3. The molecule has 5 N–H and O–H groups in total. The molecule has 3 aliphatic rings. The van der Waals surface area contributed by atoms with E-state index in [0.29, 0.717) is 34.8 Å². The summed E-state index contributed by atoms with van der Waals surface area (Å²) < 4.78 is 18.0. The lowest BCUT2D eigenvalue weighted by Gasteiger charge is -2.31. The number of pyridine rings is 2. The Morgan fingerprint density at radius 1 is 1.13 bits per heavy atom. The summed E-state index contributed by atoms with van der Waals surface area (Å²) in [4.78, 5) is 47.8. The fourth-order valence-electron chi connectivity index (χ4n) is 6.69. The standard InChI is InChI=1S/C33H29N5O7/c1-2-33(42)22-9-26-29-20(13-38(26)31(40)21(22)14-43-32(33)41)19(18-8-27-28(45-15-44-27)10-25(18)37-29)12-36-30(39)23(34)7-16-11-35-24-6-4-3-5-17(16)24/h3-6,8-11,23,35,42H,2,7,12-15,34H2,1H3,(H,36,39)/t23-,33-/m0/s1. The van der Waals surface area contributed by atoms with Crippen molar-refractivity contribution >= 4 is 33.7 Å². The van der Waals surface area contributed by atoms with Crippen LogP contribution in [0.25, 0.3) is 33.2 Å². The molecular weight excluding hydrogens is 578 g/mol. The summed E-state index contributed by atoms with van der Waals surface area (Å²) in [6, 6.07) is 12.3. The number of hydrogen-bond donors (Lipinski definition) is 4. The molecule has 0 radical (unpaired) electrons. The molecule has 1 amide bonds. The van der Waals surface area contributed by atoms with Gasteiger partial charge < -0.3 is 39.9 Å². The van der Waals surface area contributed by atoms with Gasteiger partial charge in [0, 0.05) is 46.2 Å². The Labute approximate surface area is 255 Å². The summed E-state index contributed by atoms with van der Waals surface area (Å²) >= 11 is 0. The van der Waals surface area contributed by atoms with Crippen molar-refractivity contribution in [3.63, 3.8) is 0 Å². The van der Waals surface area contributed by atoms with Crippen molar-refractivity contribution in [2.75, 3.05) is 6.79 Å². The number of aromatic amines is 1. The van der Waals surface area contributed by atoms with Crippen molar-refractivity contribution in [1.29, 1.82) is 0 Å². The average Bonchev–Trinajstić information content (AvgIpc) is 3.77. The van der Waals surface area contributed by atoms with Crippen LogP contribution in [0.5, 0.6) is 11.5 Å². The molecule has 0 unspecified atom stereocenters. The first-order valence-electron chi connectivity index (χ1n) is 14.8. The van der Waals surface area contributed by atoms with Crippen LogP contribution in [-0.2, 0) is 46.0 Å². The number of nitrogens with two attached hydrogens (primary N) is 1. The van der Waals surface area contributed by atoms with Gasteiger partial charge in [0.05, 0.1) is 35.1 Å². The Morgan fingerprint density at radius 2 is 1.93 bits per heavy atom. The van der Waals surface area contributed by atoms with Crippen molar-refractivity contribution in [2.45, 2.75) is 51.1 Å². The minimum absolute atomic E-state index is 0.0410. The van der Waals surface area contributed by atoms with E-state index in [0.717, 1.165) is 33.0 Å². The lowest BCUT2D eigenvalue weighted by Crippen LogP contribution is -2.44. The Balaban J connectivity index is 1.19. The van der Waals surface area contributed by atoms with E-state index in [1.807, 2.05) is 36.5 Å². The maximum atomic E-state index is 13.8. The van der Waals surface area contributed by atoms with E-state index >= 15 is 0 Å². The van der Waals surface area contributed by atoms with Gasteiger partial charge in [0.15, 0.2) is 17.1 Å². The van der Waals surface area contributed by atoms with Gasteiger partial charge >= 0.3 is 5.97 Å². The second-order valence-electron chi connectivity index (χ2n) is 11.6. The molecule has 0 saturated carbocycles. The number of hydrogen-bond acceptors (Lipinski definition) is 9. The molecule has 0 spiro atoms. The molecule has 12 nitrogen and oxygen atoms in total. The fraction of sp³-hybridized carbons (Fsp3) is 0.273. The number of aromatic nitrogens is 3. The number of amides is 1. The number of carbonyl (C=O) groups is 2. The maximum absolute atomic E-state index is 13.8. The van der Waals surface area contributed by atoms with Crippen LogP contribution in [0, 0.1) is 0 Å². The van der Waals surface area contributed by atoms with Gasteiger partial charge in [0.2, 0.25) is 12.7 Å².